The fraction of sp³-hybridized carbons (Fsp3) is 0.316. The molecule has 0 saturated heterocycles. The lowest BCUT2D eigenvalue weighted by Crippen LogP contribution is -2.26. The molecule has 0 aliphatic carbocycles. The quantitative estimate of drug-likeness (QED) is 0.394. The van der Waals surface area contributed by atoms with Gasteiger partial charge in [0.1, 0.15) is 21.5 Å². The topological polar surface area (TPSA) is 95.0 Å². The first kappa shape index (κ1) is 22.7. The van der Waals surface area contributed by atoms with Crippen molar-refractivity contribution < 1.29 is 33.3 Å². The van der Waals surface area contributed by atoms with Gasteiger partial charge < -0.3 is 19.3 Å². The molecule has 0 atom stereocenters. The third kappa shape index (κ3) is 4.71. The number of carbonyl (C=O) groups excluding carboxylic acids is 2. The Hall–Kier alpha value is -2.58. The maximum absolute atomic E-state index is 14.4. The lowest BCUT2D eigenvalue weighted by atomic mass is 10.0. The number of nitrogens with zero attached hydrogens (tertiary/aromatic N) is 1. The van der Waals surface area contributed by atoms with Gasteiger partial charge in [-0.15, -0.1) is 0 Å². The minimum Gasteiger partial charge on any atom is -0.508 e. The van der Waals surface area contributed by atoms with Crippen LogP contribution >= 0.6 is 23.2 Å². The summed E-state index contributed by atoms with van der Waals surface area (Å²) in [6, 6.07) is 4.35. The van der Waals surface area contributed by atoms with Gasteiger partial charge in [-0.25, -0.2) is 4.98 Å². The maximum Gasteiger partial charge on any atom is 0.326 e. The lowest BCUT2D eigenvalue weighted by Gasteiger charge is -2.17. The highest BCUT2D eigenvalue weighted by molar-refractivity contribution is 6.38. The number of halogens is 3. The number of aromatic hydroxyl groups is 1. The molecule has 0 spiro atoms. The minimum absolute atomic E-state index is 0.0303. The number of esters is 2. The van der Waals surface area contributed by atoms with Crippen molar-refractivity contribution in [3.8, 4) is 17.2 Å². The number of carbonyl (C=O) groups is 2. The summed E-state index contributed by atoms with van der Waals surface area (Å²) >= 11 is 12.2. The summed E-state index contributed by atoms with van der Waals surface area (Å²) in [6.07, 6.45) is 0. The van der Waals surface area contributed by atoms with E-state index in [1.807, 2.05) is 13.8 Å². The minimum atomic E-state index is -1.74. The molecule has 0 saturated carbocycles. The van der Waals surface area contributed by atoms with Crippen LogP contribution in [-0.2, 0) is 19.1 Å². The van der Waals surface area contributed by atoms with Crippen molar-refractivity contribution in [2.24, 2.45) is 0 Å². The first-order valence-corrected chi connectivity index (χ1v) is 9.08. The average molecular weight is 446 g/mol. The Bertz CT molecular complexity index is 935. The molecule has 1 aromatic carbocycles. The molecular weight excluding hydrogens is 428 g/mol. The number of hydrogen-bond donors (Lipinski definition) is 1. The molecule has 0 aliphatic heterocycles. The Labute approximate surface area is 176 Å². The third-order valence-corrected chi connectivity index (χ3v) is 4.70. The molecule has 0 amide bonds. The van der Waals surface area contributed by atoms with Crippen molar-refractivity contribution in [2.45, 2.75) is 25.7 Å². The Morgan fingerprint density at radius 3 is 2.21 bits per heavy atom. The SMILES string of the molecule is COC(=O)C(C(=O)OC)c1nc(F)c(Cl)c(Oc2ccc(O)c(C(C)C)c2)c1Cl. The van der Waals surface area contributed by atoms with E-state index in [0.29, 0.717) is 5.56 Å². The molecule has 0 fully saturated rings. The van der Waals surface area contributed by atoms with E-state index < -0.39 is 34.5 Å². The fourth-order valence-electron chi connectivity index (χ4n) is 2.52. The van der Waals surface area contributed by atoms with Gasteiger partial charge in [0, 0.05) is 5.56 Å². The Morgan fingerprint density at radius 2 is 1.69 bits per heavy atom. The van der Waals surface area contributed by atoms with E-state index >= 15 is 0 Å². The Kier molecular flexibility index (Phi) is 7.26. The normalized spacial score (nSPS) is 10.9. The second-order valence-corrected chi connectivity index (χ2v) is 6.96. The number of hydrogen-bond acceptors (Lipinski definition) is 7. The standard InChI is InChI=1S/C19H18Cl2FNO6/c1-8(2)10-7-9(5-6-11(10)24)29-16-13(20)15(23-17(22)14(16)21)12(18(25)27-3)19(26)28-4/h5-8,12,24H,1-4H3. The predicted molar refractivity (Wildman–Crippen MR) is 103 cm³/mol. The summed E-state index contributed by atoms with van der Waals surface area (Å²) in [6.45, 7) is 3.72. The van der Waals surface area contributed by atoms with Crippen molar-refractivity contribution in [2.75, 3.05) is 14.2 Å². The fourth-order valence-corrected chi connectivity index (χ4v) is 3.03. The number of aromatic nitrogens is 1. The number of phenolic OH excluding ortho intramolecular Hbond substituents is 1. The van der Waals surface area contributed by atoms with Crippen LogP contribution in [0.15, 0.2) is 18.2 Å². The largest absolute Gasteiger partial charge is 0.508 e. The molecule has 29 heavy (non-hydrogen) atoms. The number of rotatable bonds is 6. The highest BCUT2D eigenvalue weighted by Gasteiger charge is 2.37. The second kappa shape index (κ2) is 9.28. The van der Waals surface area contributed by atoms with Gasteiger partial charge in [-0.1, -0.05) is 37.0 Å². The van der Waals surface area contributed by atoms with Gasteiger partial charge >= 0.3 is 11.9 Å². The molecular formula is C19H18Cl2FNO6. The lowest BCUT2D eigenvalue weighted by molar-refractivity contribution is -0.154. The van der Waals surface area contributed by atoms with Crippen LogP contribution in [0.2, 0.25) is 10.0 Å². The van der Waals surface area contributed by atoms with Crippen LogP contribution in [0.4, 0.5) is 4.39 Å². The summed E-state index contributed by atoms with van der Waals surface area (Å²) in [5, 5.41) is 9.02. The zero-order valence-electron chi connectivity index (χ0n) is 16.0. The smallest absolute Gasteiger partial charge is 0.326 e. The molecule has 2 aromatic rings. The first-order valence-electron chi connectivity index (χ1n) is 8.33. The molecule has 1 N–H and O–H groups in total. The summed E-state index contributed by atoms with van der Waals surface area (Å²) in [4.78, 5) is 27.6. The first-order chi connectivity index (χ1) is 13.6. The Morgan fingerprint density at radius 1 is 1.10 bits per heavy atom. The van der Waals surface area contributed by atoms with Crippen LogP contribution in [0.3, 0.4) is 0 Å². The van der Waals surface area contributed by atoms with Gasteiger partial charge in [0.2, 0.25) is 5.95 Å². The highest BCUT2D eigenvalue weighted by Crippen LogP contribution is 2.42. The number of methoxy groups -OCH3 is 2. The summed E-state index contributed by atoms with van der Waals surface area (Å²) < 4.78 is 29.1. The summed E-state index contributed by atoms with van der Waals surface area (Å²) in [5.41, 5.74) is 0.108. The highest BCUT2D eigenvalue weighted by atomic mass is 35.5. The van der Waals surface area contributed by atoms with Crippen molar-refractivity contribution in [1.29, 1.82) is 0 Å². The van der Waals surface area contributed by atoms with E-state index in [4.69, 9.17) is 27.9 Å². The van der Waals surface area contributed by atoms with E-state index in [0.717, 1.165) is 14.2 Å². The molecule has 0 unspecified atom stereocenters. The number of benzene rings is 1. The van der Waals surface area contributed by atoms with Crippen molar-refractivity contribution >= 4 is 35.1 Å². The molecule has 2 rings (SSSR count). The molecule has 0 aliphatic rings. The number of ether oxygens (including phenoxy) is 3. The van der Waals surface area contributed by atoms with Gasteiger partial charge in [-0.2, -0.15) is 4.39 Å². The van der Waals surface area contributed by atoms with E-state index in [1.165, 1.54) is 18.2 Å². The van der Waals surface area contributed by atoms with Crippen LogP contribution in [0, 0.1) is 5.95 Å². The molecule has 7 nitrogen and oxygen atoms in total. The van der Waals surface area contributed by atoms with Gasteiger partial charge in [-0.3, -0.25) is 9.59 Å². The summed E-state index contributed by atoms with van der Waals surface area (Å²) in [5.74, 6) is -5.18. The van der Waals surface area contributed by atoms with Gasteiger partial charge in [-0.05, 0) is 24.1 Å². The molecule has 156 valence electrons. The van der Waals surface area contributed by atoms with Crippen molar-refractivity contribution in [3.63, 3.8) is 0 Å². The van der Waals surface area contributed by atoms with Crippen molar-refractivity contribution in [3.05, 3.63) is 45.4 Å². The molecule has 0 bridgehead atoms. The Balaban J connectivity index is 2.61. The van der Waals surface area contributed by atoms with Gasteiger partial charge in [0.15, 0.2) is 11.7 Å². The third-order valence-electron chi connectivity index (χ3n) is 4.01. The number of phenols is 1. The zero-order valence-corrected chi connectivity index (χ0v) is 17.5. The van der Waals surface area contributed by atoms with E-state index in [-0.39, 0.29) is 28.2 Å². The molecule has 1 aromatic heterocycles. The summed E-state index contributed by atoms with van der Waals surface area (Å²) in [7, 11) is 2.08. The molecule has 1 heterocycles. The van der Waals surface area contributed by atoms with Crippen LogP contribution in [-0.4, -0.2) is 36.2 Å². The van der Waals surface area contributed by atoms with Crippen LogP contribution in [0.1, 0.15) is 36.9 Å². The van der Waals surface area contributed by atoms with Crippen LogP contribution in [0.5, 0.6) is 17.2 Å². The maximum atomic E-state index is 14.4. The predicted octanol–water partition coefficient (Wildman–Crippen LogP) is 4.58. The van der Waals surface area contributed by atoms with E-state index in [9.17, 15) is 19.1 Å². The van der Waals surface area contributed by atoms with Gasteiger partial charge in [0.25, 0.3) is 0 Å². The average Bonchev–Trinajstić information content (AvgIpc) is 2.69. The second-order valence-electron chi connectivity index (χ2n) is 6.20. The van der Waals surface area contributed by atoms with Crippen LogP contribution < -0.4 is 4.74 Å². The van der Waals surface area contributed by atoms with Crippen molar-refractivity contribution in [1.82, 2.24) is 4.98 Å². The van der Waals surface area contributed by atoms with E-state index in [2.05, 4.69) is 14.5 Å². The monoisotopic (exact) mass is 445 g/mol. The van der Waals surface area contributed by atoms with E-state index in [1.54, 1.807) is 0 Å². The molecule has 10 heteroatoms. The van der Waals surface area contributed by atoms with Gasteiger partial charge in [0.05, 0.1) is 19.9 Å². The molecule has 0 radical (unpaired) electrons. The number of pyridine rings is 1. The van der Waals surface area contributed by atoms with Crippen LogP contribution in [0.25, 0.3) is 0 Å². The zero-order chi connectivity index (χ0) is 21.9.